The molecule has 0 spiro atoms. The van der Waals surface area contributed by atoms with Crippen molar-refractivity contribution in [3.05, 3.63) is 0 Å². The molecule has 5 atom stereocenters. The van der Waals surface area contributed by atoms with Crippen molar-refractivity contribution in [1.82, 2.24) is 16.0 Å². The van der Waals surface area contributed by atoms with Crippen molar-refractivity contribution in [2.24, 2.45) is 17.2 Å². The number of carboxylic acids is 1. The summed E-state index contributed by atoms with van der Waals surface area (Å²) in [5.41, 5.74) is 16.1. The minimum Gasteiger partial charge on any atom is -0.480 e. The monoisotopic (exact) mass is 478 g/mol. The molecule has 11 N–H and O–H groups in total. The summed E-state index contributed by atoms with van der Waals surface area (Å²) in [5.74, 6) is -4.57. The number of thiol groups is 1. The molecule has 0 heterocycles. The van der Waals surface area contributed by atoms with E-state index in [1.165, 1.54) is 6.92 Å². The van der Waals surface area contributed by atoms with Gasteiger partial charge in [-0.15, -0.1) is 0 Å². The molecule has 0 rings (SSSR count). The molecule has 0 aromatic heterocycles. The first-order chi connectivity index (χ1) is 14.9. The lowest BCUT2D eigenvalue weighted by Gasteiger charge is -2.25. The van der Waals surface area contributed by atoms with Crippen LogP contribution >= 0.6 is 12.6 Å². The van der Waals surface area contributed by atoms with Crippen LogP contribution in [0.3, 0.4) is 0 Å². The van der Waals surface area contributed by atoms with Crippen molar-refractivity contribution in [3.63, 3.8) is 0 Å². The van der Waals surface area contributed by atoms with E-state index in [0.717, 1.165) is 0 Å². The molecule has 13 nitrogen and oxygen atoms in total. The van der Waals surface area contributed by atoms with Crippen LogP contribution in [0.2, 0.25) is 0 Å². The highest BCUT2D eigenvalue weighted by Crippen LogP contribution is 2.04. The van der Waals surface area contributed by atoms with Crippen LogP contribution in [-0.2, 0) is 24.0 Å². The number of aliphatic hydroxyl groups excluding tert-OH is 1. The number of carboxylic acid groups (broad SMARTS) is 1. The van der Waals surface area contributed by atoms with Gasteiger partial charge in [0.25, 0.3) is 0 Å². The van der Waals surface area contributed by atoms with Crippen LogP contribution in [0.1, 0.15) is 39.0 Å². The van der Waals surface area contributed by atoms with Gasteiger partial charge in [0.05, 0.1) is 6.10 Å². The summed E-state index contributed by atoms with van der Waals surface area (Å²) >= 11 is 4.02. The van der Waals surface area contributed by atoms with Crippen molar-refractivity contribution in [1.29, 1.82) is 0 Å². The van der Waals surface area contributed by atoms with E-state index in [-0.39, 0.29) is 25.0 Å². The van der Waals surface area contributed by atoms with E-state index in [1.54, 1.807) is 0 Å². The summed E-state index contributed by atoms with van der Waals surface area (Å²) in [6, 6.07) is -4.94. The lowest BCUT2D eigenvalue weighted by Crippen LogP contribution is -2.58. The lowest BCUT2D eigenvalue weighted by molar-refractivity contribution is -0.142. The standard InChI is InChI=1S/C18H34N6O7S/c1-9(25)14(21)17(29)22-10(4-2-3-7-19)15(27)24-12(8-32)16(28)23-11(18(30)31)5-6-13(20)26/h9-12,14,25,32H,2-8,19,21H2,1H3,(H2,20,26)(H,22,29)(H,23,28)(H,24,27)(H,30,31). The Morgan fingerprint density at radius 2 is 1.44 bits per heavy atom. The third-order valence-electron chi connectivity index (χ3n) is 4.51. The second kappa shape index (κ2) is 15.4. The molecule has 0 saturated carbocycles. The number of aliphatic carboxylic acids is 1. The second-order valence-corrected chi connectivity index (χ2v) is 7.63. The number of amides is 4. The van der Waals surface area contributed by atoms with E-state index < -0.39 is 59.9 Å². The molecule has 0 aromatic carbocycles. The molecule has 0 bridgehead atoms. The predicted molar refractivity (Wildman–Crippen MR) is 118 cm³/mol. The molecular weight excluding hydrogens is 444 g/mol. The van der Waals surface area contributed by atoms with Gasteiger partial charge >= 0.3 is 5.97 Å². The van der Waals surface area contributed by atoms with E-state index in [9.17, 15) is 34.2 Å². The quantitative estimate of drug-likeness (QED) is 0.0790. The van der Waals surface area contributed by atoms with Gasteiger partial charge in [-0.05, 0) is 39.2 Å². The minimum atomic E-state index is -1.39. The molecule has 32 heavy (non-hydrogen) atoms. The smallest absolute Gasteiger partial charge is 0.326 e. The van der Waals surface area contributed by atoms with Gasteiger partial charge in [-0.3, -0.25) is 19.2 Å². The third kappa shape index (κ3) is 11.3. The Labute approximate surface area is 191 Å². The van der Waals surface area contributed by atoms with Crippen LogP contribution in [0.25, 0.3) is 0 Å². The van der Waals surface area contributed by atoms with Gasteiger partial charge in [0.2, 0.25) is 23.6 Å². The Bertz CT molecular complexity index is 664. The summed E-state index contributed by atoms with van der Waals surface area (Å²) in [5, 5.41) is 25.8. The Morgan fingerprint density at radius 1 is 0.906 bits per heavy atom. The molecule has 0 saturated heterocycles. The number of carbonyl (C=O) groups is 5. The predicted octanol–water partition coefficient (Wildman–Crippen LogP) is -3.44. The van der Waals surface area contributed by atoms with Crippen molar-refractivity contribution in [3.8, 4) is 0 Å². The zero-order valence-electron chi connectivity index (χ0n) is 18.0. The fourth-order valence-electron chi connectivity index (χ4n) is 2.53. The molecule has 0 fully saturated rings. The first-order valence-corrected chi connectivity index (χ1v) is 10.7. The number of carbonyl (C=O) groups excluding carboxylic acids is 4. The highest BCUT2D eigenvalue weighted by molar-refractivity contribution is 7.80. The zero-order chi connectivity index (χ0) is 24.8. The maximum Gasteiger partial charge on any atom is 0.326 e. The fourth-order valence-corrected chi connectivity index (χ4v) is 2.79. The molecule has 0 radical (unpaired) electrons. The Morgan fingerprint density at radius 3 is 1.91 bits per heavy atom. The average molecular weight is 479 g/mol. The van der Waals surface area contributed by atoms with Gasteiger partial charge in [0.1, 0.15) is 24.2 Å². The van der Waals surface area contributed by atoms with Gasteiger partial charge in [0, 0.05) is 12.2 Å². The molecule has 5 unspecified atom stereocenters. The Kier molecular flexibility index (Phi) is 14.2. The first kappa shape index (κ1) is 29.6. The number of nitrogens with two attached hydrogens (primary N) is 3. The SMILES string of the molecule is CC(O)C(N)C(=O)NC(CCCCN)C(=O)NC(CS)C(=O)NC(CCC(N)=O)C(=O)O. The van der Waals surface area contributed by atoms with Crippen LogP contribution in [-0.4, -0.2) is 82.4 Å². The van der Waals surface area contributed by atoms with Crippen molar-refractivity contribution >= 4 is 42.2 Å². The largest absolute Gasteiger partial charge is 0.480 e. The van der Waals surface area contributed by atoms with Gasteiger partial charge in [-0.2, -0.15) is 12.6 Å². The van der Waals surface area contributed by atoms with E-state index >= 15 is 0 Å². The maximum atomic E-state index is 12.7. The Hall–Kier alpha value is -2.42. The van der Waals surface area contributed by atoms with Gasteiger partial charge in [0.15, 0.2) is 0 Å². The number of hydrogen-bond donors (Lipinski definition) is 9. The van der Waals surface area contributed by atoms with Gasteiger partial charge in [-0.1, -0.05) is 0 Å². The number of aliphatic hydroxyl groups is 1. The van der Waals surface area contributed by atoms with Gasteiger partial charge in [-0.25, -0.2) is 4.79 Å². The number of rotatable bonds is 16. The zero-order valence-corrected chi connectivity index (χ0v) is 18.8. The maximum absolute atomic E-state index is 12.7. The molecule has 0 aliphatic heterocycles. The van der Waals surface area contributed by atoms with Crippen LogP contribution < -0.4 is 33.2 Å². The molecule has 0 aromatic rings. The van der Waals surface area contributed by atoms with Crippen LogP contribution in [0.15, 0.2) is 0 Å². The van der Waals surface area contributed by atoms with E-state index in [1.807, 2.05) is 0 Å². The number of hydrogen-bond acceptors (Lipinski definition) is 9. The highest BCUT2D eigenvalue weighted by Gasteiger charge is 2.30. The van der Waals surface area contributed by atoms with Gasteiger partial charge < -0.3 is 43.4 Å². The van der Waals surface area contributed by atoms with Crippen LogP contribution in [0.4, 0.5) is 0 Å². The topological polar surface area (TPSA) is 240 Å². The van der Waals surface area contributed by atoms with E-state index in [2.05, 4.69) is 28.6 Å². The average Bonchev–Trinajstić information content (AvgIpc) is 2.72. The second-order valence-electron chi connectivity index (χ2n) is 7.26. The molecular formula is C18H34N6O7S. The normalized spacial score (nSPS) is 15.5. The summed E-state index contributed by atoms with van der Waals surface area (Å²) in [6.07, 6.45) is -0.360. The van der Waals surface area contributed by atoms with Crippen LogP contribution in [0.5, 0.6) is 0 Å². The molecule has 0 aliphatic carbocycles. The van der Waals surface area contributed by atoms with Crippen LogP contribution in [0, 0.1) is 0 Å². The van der Waals surface area contributed by atoms with Crippen molar-refractivity contribution in [2.75, 3.05) is 12.3 Å². The molecule has 184 valence electrons. The van der Waals surface area contributed by atoms with Crippen molar-refractivity contribution in [2.45, 2.75) is 69.3 Å². The Balaban J connectivity index is 5.24. The highest BCUT2D eigenvalue weighted by atomic mass is 32.1. The summed E-state index contributed by atoms with van der Waals surface area (Å²) in [6.45, 7) is 1.70. The lowest BCUT2D eigenvalue weighted by atomic mass is 10.1. The first-order valence-electron chi connectivity index (χ1n) is 10.1. The molecule has 4 amide bonds. The third-order valence-corrected chi connectivity index (χ3v) is 4.88. The fraction of sp³-hybridized carbons (Fsp3) is 0.722. The summed E-state index contributed by atoms with van der Waals surface area (Å²) in [7, 11) is 0. The molecule has 14 heteroatoms. The van der Waals surface area contributed by atoms with E-state index in [0.29, 0.717) is 19.4 Å². The number of unbranched alkanes of at least 4 members (excludes halogenated alkanes) is 1. The summed E-state index contributed by atoms with van der Waals surface area (Å²) in [4.78, 5) is 59.6. The molecule has 0 aliphatic rings. The number of primary amides is 1. The number of nitrogens with one attached hydrogen (secondary N) is 3. The summed E-state index contributed by atoms with van der Waals surface area (Å²) < 4.78 is 0. The van der Waals surface area contributed by atoms with E-state index in [4.69, 9.17) is 17.2 Å². The van der Waals surface area contributed by atoms with Crippen molar-refractivity contribution < 1.29 is 34.2 Å². The minimum absolute atomic E-state index is 0.170.